The zero-order chi connectivity index (χ0) is 12.5. The Bertz CT molecular complexity index is 258. The van der Waals surface area contributed by atoms with Crippen LogP contribution < -0.4 is 0 Å². The van der Waals surface area contributed by atoms with Gasteiger partial charge in [-0.1, -0.05) is 13.3 Å². The maximum absolute atomic E-state index is 6.28. The molecule has 0 radical (unpaired) electrons. The average Bonchev–Trinajstić information content (AvgIpc) is 3.04. The maximum atomic E-state index is 6.28. The number of fused-ring (bicyclic) bond motifs is 1. The van der Waals surface area contributed by atoms with Crippen LogP contribution in [-0.4, -0.2) is 36.5 Å². The molecule has 0 spiro atoms. The van der Waals surface area contributed by atoms with E-state index < -0.39 is 8.32 Å². The van der Waals surface area contributed by atoms with Crippen LogP contribution in [0.2, 0.25) is 19.1 Å². The second kappa shape index (κ2) is 5.55. The lowest BCUT2D eigenvalue weighted by Crippen LogP contribution is -2.36. The normalized spacial score (nSPS) is 34.4. The summed E-state index contributed by atoms with van der Waals surface area (Å²) in [6.45, 7) is 7.04. The fourth-order valence-corrected chi connectivity index (χ4v) is 7.38. The Hall–Kier alpha value is 0.354. The van der Waals surface area contributed by atoms with Gasteiger partial charge in [0.05, 0.1) is 12.2 Å². The molecule has 4 atom stereocenters. The smallest absolute Gasteiger partial charge is 0.186 e. The summed E-state index contributed by atoms with van der Waals surface area (Å²) < 4.78 is 11.9. The number of hydrogen-bond donors (Lipinski definition) is 0. The van der Waals surface area contributed by atoms with Crippen LogP contribution in [-0.2, 0) is 9.16 Å². The SMILES string of the molecule is CCC([SiH3])O[Si](C)(C)CCC1CCC2OC2C1. The highest BCUT2D eigenvalue weighted by Gasteiger charge is 2.43. The van der Waals surface area contributed by atoms with E-state index in [-0.39, 0.29) is 0 Å². The molecule has 1 saturated carbocycles. The second-order valence-corrected chi connectivity index (χ2v) is 12.1. The largest absolute Gasteiger partial charge is 0.419 e. The van der Waals surface area contributed by atoms with Gasteiger partial charge >= 0.3 is 0 Å². The van der Waals surface area contributed by atoms with Crippen LogP contribution in [0.25, 0.3) is 0 Å². The highest BCUT2D eigenvalue weighted by Crippen LogP contribution is 2.41. The number of rotatable bonds is 6. The fourth-order valence-electron chi connectivity index (χ4n) is 2.99. The summed E-state index contributed by atoms with van der Waals surface area (Å²) in [5, 5.41) is 0. The summed E-state index contributed by atoms with van der Waals surface area (Å²) in [6, 6.07) is 1.34. The van der Waals surface area contributed by atoms with E-state index in [0.29, 0.717) is 17.9 Å². The minimum absolute atomic E-state index is 0.583. The van der Waals surface area contributed by atoms with Crippen LogP contribution in [0, 0.1) is 5.92 Å². The summed E-state index contributed by atoms with van der Waals surface area (Å²) in [6.07, 6.45) is 7.90. The third-order valence-corrected chi connectivity index (χ3v) is 8.42. The molecule has 2 nitrogen and oxygen atoms in total. The summed E-state index contributed by atoms with van der Waals surface area (Å²) in [5.41, 5.74) is 0.583. The molecule has 0 bridgehead atoms. The number of epoxide rings is 1. The molecule has 0 N–H and O–H groups in total. The molecule has 2 aliphatic rings. The summed E-state index contributed by atoms with van der Waals surface area (Å²) in [4.78, 5) is 0. The monoisotopic (exact) mass is 272 g/mol. The first-order valence-corrected chi connectivity index (χ1v) is 11.6. The van der Waals surface area contributed by atoms with E-state index in [1.165, 1.54) is 48.4 Å². The Kier molecular flexibility index (Phi) is 4.50. The minimum atomic E-state index is -1.39. The van der Waals surface area contributed by atoms with Gasteiger partial charge in [-0.25, -0.2) is 0 Å². The molecule has 2 fully saturated rings. The fraction of sp³-hybridized carbons (Fsp3) is 1.00. The molecule has 0 aromatic heterocycles. The Balaban J connectivity index is 1.68. The van der Waals surface area contributed by atoms with Gasteiger partial charge in [0.15, 0.2) is 8.32 Å². The molecule has 1 saturated heterocycles. The van der Waals surface area contributed by atoms with E-state index in [1.807, 2.05) is 0 Å². The molecule has 0 aromatic carbocycles. The Morgan fingerprint density at radius 1 is 1.35 bits per heavy atom. The third kappa shape index (κ3) is 4.19. The van der Waals surface area contributed by atoms with E-state index in [9.17, 15) is 0 Å². The molecule has 0 aromatic rings. The van der Waals surface area contributed by atoms with Crippen LogP contribution in [0.4, 0.5) is 0 Å². The van der Waals surface area contributed by atoms with Crippen molar-refractivity contribution < 1.29 is 9.16 Å². The molecule has 100 valence electrons. The molecule has 1 aliphatic carbocycles. The van der Waals surface area contributed by atoms with Gasteiger partial charge in [0.25, 0.3) is 0 Å². The van der Waals surface area contributed by atoms with Crippen molar-refractivity contribution in [3.8, 4) is 0 Å². The molecular formula is C13H28O2Si2. The predicted molar refractivity (Wildman–Crippen MR) is 78.0 cm³/mol. The van der Waals surface area contributed by atoms with Gasteiger partial charge in [-0.15, -0.1) is 0 Å². The topological polar surface area (TPSA) is 21.8 Å². The van der Waals surface area contributed by atoms with Gasteiger partial charge in [-0.2, -0.15) is 0 Å². The van der Waals surface area contributed by atoms with Crippen LogP contribution in [0.1, 0.15) is 39.0 Å². The zero-order valence-electron chi connectivity index (χ0n) is 11.9. The van der Waals surface area contributed by atoms with Crippen LogP contribution in [0.15, 0.2) is 0 Å². The van der Waals surface area contributed by atoms with Crippen molar-refractivity contribution in [2.45, 2.75) is 76.1 Å². The van der Waals surface area contributed by atoms with Crippen LogP contribution >= 0.6 is 0 Å². The van der Waals surface area contributed by atoms with Gasteiger partial charge in [0, 0.05) is 16.0 Å². The molecular weight excluding hydrogens is 244 g/mol. The highest BCUT2D eigenvalue weighted by molar-refractivity contribution is 6.71. The lowest BCUT2D eigenvalue weighted by molar-refractivity contribution is 0.261. The van der Waals surface area contributed by atoms with Gasteiger partial charge in [-0.05, 0) is 50.7 Å². The van der Waals surface area contributed by atoms with Crippen molar-refractivity contribution in [1.82, 2.24) is 0 Å². The standard InChI is InChI=1S/C13H28O2Si2/c1-4-13(16)15-17(2,3)8-7-10-5-6-11-12(9-10)14-11/h10-13H,4-9H2,1-3,16H3. The van der Waals surface area contributed by atoms with Gasteiger partial charge in [-0.3, -0.25) is 0 Å². The van der Waals surface area contributed by atoms with E-state index in [1.54, 1.807) is 0 Å². The van der Waals surface area contributed by atoms with Crippen molar-refractivity contribution in [1.29, 1.82) is 0 Å². The summed E-state index contributed by atoms with van der Waals surface area (Å²) >= 11 is 0. The Morgan fingerprint density at radius 3 is 2.76 bits per heavy atom. The maximum Gasteiger partial charge on any atom is 0.186 e. The van der Waals surface area contributed by atoms with Crippen molar-refractivity contribution in [3.63, 3.8) is 0 Å². The van der Waals surface area contributed by atoms with E-state index in [0.717, 1.165) is 5.92 Å². The number of hydrogen-bond acceptors (Lipinski definition) is 2. The van der Waals surface area contributed by atoms with Gasteiger partial charge in [0.2, 0.25) is 0 Å². The van der Waals surface area contributed by atoms with Crippen molar-refractivity contribution >= 4 is 18.6 Å². The third-order valence-electron chi connectivity index (χ3n) is 4.36. The first kappa shape index (κ1) is 13.8. The van der Waals surface area contributed by atoms with E-state index in [2.05, 4.69) is 20.0 Å². The summed E-state index contributed by atoms with van der Waals surface area (Å²) in [7, 11) is -0.202. The second-order valence-electron chi connectivity index (χ2n) is 6.53. The van der Waals surface area contributed by atoms with Crippen LogP contribution in [0.3, 0.4) is 0 Å². The molecule has 4 unspecified atom stereocenters. The highest BCUT2D eigenvalue weighted by atomic mass is 28.4. The molecule has 1 heterocycles. The zero-order valence-corrected chi connectivity index (χ0v) is 14.9. The minimum Gasteiger partial charge on any atom is -0.419 e. The van der Waals surface area contributed by atoms with Crippen molar-refractivity contribution in [2.24, 2.45) is 5.92 Å². The first-order valence-electron chi connectivity index (χ1n) is 7.33. The number of ether oxygens (including phenoxy) is 1. The van der Waals surface area contributed by atoms with E-state index >= 15 is 0 Å². The molecule has 17 heavy (non-hydrogen) atoms. The lowest BCUT2D eigenvalue weighted by atomic mass is 9.88. The molecule has 1 aliphatic heterocycles. The summed E-state index contributed by atoms with van der Waals surface area (Å²) in [5.74, 6) is 0.920. The van der Waals surface area contributed by atoms with Crippen LogP contribution in [0.5, 0.6) is 0 Å². The molecule has 4 heteroatoms. The molecule has 0 amide bonds. The Morgan fingerprint density at radius 2 is 2.12 bits per heavy atom. The lowest BCUT2D eigenvalue weighted by Gasteiger charge is -2.29. The van der Waals surface area contributed by atoms with Crippen molar-refractivity contribution in [2.75, 3.05) is 0 Å². The average molecular weight is 273 g/mol. The van der Waals surface area contributed by atoms with E-state index in [4.69, 9.17) is 9.16 Å². The Labute approximate surface area is 110 Å². The molecule has 2 rings (SSSR count). The quantitative estimate of drug-likeness (QED) is 0.546. The van der Waals surface area contributed by atoms with Gasteiger partial charge in [0.1, 0.15) is 0 Å². The predicted octanol–water partition coefficient (Wildman–Crippen LogP) is 2.27. The van der Waals surface area contributed by atoms with Gasteiger partial charge < -0.3 is 9.16 Å². The first-order chi connectivity index (χ1) is 8.00. The van der Waals surface area contributed by atoms with Crippen molar-refractivity contribution in [3.05, 3.63) is 0 Å².